The fraction of sp³-hybridized carbons (Fsp3) is 0.440. The van der Waals surface area contributed by atoms with Crippen LogP contribution in [-0.4, -0.2) is 64.4 Å². The van der Waals surface area contributed by atoms with E-state index in [1.807, 2.05) is 7.05 Å². The standard InChI is InChI=1S/C25H30F2N6O2/c1-4-25(27,10-11-32(3)22-14-28-15-22)24(34)33(21-7-5-6-19(26)12-21)16-20-9-8-18(13-29-20)23-31-30-17(2)35-23/h5-9,12-13,22,28H,4,10-11,14-16H2,1-3H3. The van der Waals surface area contributed by atoms with Crippen molar-refractivity contribution in [3.05, 3.63) is 60.0 Å². The molecule has 186 valence electrons. The molecule has 1 unspecified atom stereocenters. The number of carbonyl (C=O) groups is 1. The fourth-order valence-corrected chi connectivity index (χ4v) is 3.94. The van der Waals surface area contributed by atoms with Crippen LogP contribution in [0.15, 0.2) is 47.0 Å². The van der Waals surface area contributed by atoms with E-state index in [2.05, 4.69) is 25.4 Å². The molecule has 0 saturated carbocycles. The summed E-state index contributed by atoms with van der Waals surface area (Å²) in [5.41, 5.74) is -0.682. The highest BCUT2D eigenvalue weighted by Crippen LogP contribution is 2.29. The maximum absolute atomic E-state index is 16.1. The molecule has 4 rings (SSSR count). The summed E-state index contributed by atoms with van der Waals surface area (Å²) >= 11 is 0. The molecular weight excluding hydrogens is 454 g/mol. The maximum atomic E-state index is 16.1. The van der Waals surface area contributed by atoms with E-state index in [0.717, 1.165) is 13.1 Å². The minimum atomic E-state index is -2.10. The monoisotopic (exact) mass is 484 g/mol. The number of carbonyl (C=O) groups excluding carboxylic acids is 1. The SMILES string of the molecule is CCC(F)(CCN(C)C1CNC1)C(=O)N(Cc1ccc(-c2nnc(C)o2)cn1)c1cccc(F)c1. The molecule has 3 aromatic rings. The number of nitrogens with one attached hydrogen (secondary N) is 1. The topological polar surface area (TPSA) is 87.4 Å². The smallest absolute Gasteiger partial charge is 0.265 e. The van der Waals surface area contributed by atoms with Crippen LogP contribution in [0.2, 0.25) is 0 Å². The summed E-state index contributed by atoms with van der Waals surface area (Å²) in [6.45, 7) is 5.49. The number of amides is 1. The van der Waals surface area contributed by atoms with Crippen molar-refractivity contribution in [2.45, 2.75) is 44.9 Å². The van der Waals surface area contributed by atoms with E-state index in [-0.39, 0.29) is 25.1 Å². The second kappa shape index (κ2) is 10.6. The van der Waals surface area contributed by atoms with Gasteiger partial charge in [-0.3, -0.25) is 9.78 Å². The molecule has 1 atom stereocenters. The predicted molar refractivity (Wildman–Crippen MR) is 128 cm³/mol. The number of likely N-dealkylation sites (N-methyl/N-ethyl adjacent to an activating group) is 1. The maximum Gasteiger partial charge on any atom is 0.265 e. The van der Waals surface area contributed by atoms with Crippen molar-refractivity contribution in [3.63, 3.8) is 0 Å². The Morgan fingerprint density at radius 3 is 2.63 bits per heavy atom. The Labute approximate surface area is 203 Å². The zero-order valence-electron chi connectivity index (χ0n) is 20.2. The molecule has 1 saturated heterocycles. The van der Waals surface area contributed by atoms with Crippen molar-refractivity contribution in [2.75, 3.05) is 31.6 Å². The van der Waals surface area contributed by atoms with E-state index in [9.17, 15) is 9.18 Å². The van der Waals surface area contributed by atoms with Crippen molar-refractivity contribution >= 4 is 11.6 Å². The lowest BCUT2D eigenvalue weighted by Gasteiger charge is -2.37. The van der Waals surface area contributed by atoms with Gasteiger partial charge in [-0.25, -0.2) is 8.78 Å². The van der Waals surface area contributed by atoms with Crippen molar-refractivity contribution in [1.82, 2.24) is 25.4 Å². The number of pyridine rings is 1. The van der Waals surface area contributed by atoms with Crippen LogP contribution in [-0.2, 0) is 11.3 Å². The van der Waals surface area contributed by atoms with Gasteiger partial charge in [-0.1, -0.05) is 13.0 Å². The number of aryl methyl sites for hydroxylation is 1. The number of rotatable bonds is 10. The normalized spacial score (nSPS) is 15.6. The first-order chi connectivity index (χ1) is 16.8. The molecule has 8 nitrogen and oxygen atoms in total. The Morgan fingerprint density at radius 2 is 2.06 bits per heavy atom. The number of benzene rings is 1. The second-order valence-corrected chi connectivity index (χ2v) is 8.90. The number of halogens is 2. The molecule has 2 aromatic heterocycles. The molecule has 0 radical (unpaired) electrons. The largest absolute Gasteiger partial charge is 0.421 e. The van der Waals surface area contributed by atoms with Gasteiger partial charge in [0.1, 0.15) is 5.82 Å². The van der Waals surface area contributed by atoms with Crippen LogP contribution in [0.3, 0.4) is 0 Å². The third kappa shape index (κ3) is 5.71. The van der Waals surface area contributed by atoms with Gasteiger partial charge in [0, 0.05) is 50.9 Å². The van der Waals surface area contributed by atoms with E-state index in [1.54, 1.807) is 38.2 Å². The minimum absolute atomic E-state index is 0.0112. The number of aromatic nitrogens is 3. The van der Waals surface area contributed by atoms with Crippen LogP contribution in [0, 0.1) is 12.7 Å². The molecule has 0 aliphatic carbocycles. The lowest BCUT2D eigenvalue weighted by Crippen LogP contribution is -2.57. The number of hydrogen-bond acceptors (Lipinski definition) is 7. The van der Waals surface area contributed by atoms with Gasteiger partial charge >= 0.3 is 0 Å². The Bertz CT molecular complexity index is 1150. The molecule has 1 N–H and O–H groups in total. The molecule has 3 heterocycles. The summed E-state index contributed by atoms with van der Waals surface area (Å²) in [5, 5.41) is 11.0. The van der Waals surface area contributed by atoms with E-state index >= 15 is 4.39 Å². The van der Waals surface area contributed by atoms with Crippen LogP contribution >= 0.6 is 0 Å². The molecule has 35 heavy (non-hydrogen) atoms. The van der Waals surface area contributed by atoms with Crippen LogP contribution in [0.4, 0.5) is 14.5 Å². The minimum Gasteiger partial charge on any atom is -0.421 e. The second-order valence-electron chi connectivity index (χ2n) is 8.90. The predicted octanol–water partition coefficient (Wildman–Crippen LogP) is 3.52. The molecule has 0 bridgehead atoms. The molecule has 1 aliphatic rings. The van der Waals surface area contributed by atoms with E-state index in [4.69, 9.17) is 4.42 Å². The molecular formula is C25H30F2N6O2. The molecule has 1 fully saturated rings. The van der Waals surface area contributed by atoms with Crippen molar-refractivity contribution in [3.8, 4) is 11.5 Å². The highest BCUT2D eigenvalue weighted by Gasteiger charge is 2.41. The van der Waals surface area contributed by atoms with Gasteiger partial charge in [-0.2, -0.15) is 0 Å². The van der Waals surface area contributed by atoms with E-state index in [1.165, 1.54) is 23.1 Å². The van der Waals surface area contributed by atoms with Crippen molar-refractivity contribution in [1.29, 1.82) is 0 Å². The Kier molecular flexibility index (Phi) is 7.51. The van der Waals surface area contributed by atoms with Gasteiger partial charge in [0.2, 0.25) is 11.8 Å². The number of alkyl halides is 1. The molecule has 1 aromatic carbocycles. The lowest BCUT2D eigenvalue weighted by atomic mass is 9.95. The fourth-order valence-electron chi connectivity index (χ4n) is 3.94. The zero-order valence-corrected chi connectivity index (χ0v) is 20.2. The van der Waals surface area contributed by atoms with Crippen LogP contribution in [0.1, 0.15) is 31.4 Å². The lowest BCUT2D eigenvalue weighted by molar-refractivity contribution is -0.131. The summed E-state index contributed by atoms with van der Waals surface area (Å²) in [6.07, 6.45) is 1.61. The summed E-state index contributed by atoms with van der Waals surface area (Å²) in [6, 6.07) is 9.41. The van der Waals surface area contributed by atoms with Crippen LogP contribution < -0.4 is 10.2 Å². The van der Waals surface area contributed by atoms with Crippen molar-refractivity contribution < 1.29 is 18.0 Å². The summed E-state index contributed by atoms with van der Waals surface area (Å²) in [4.78, 5) is 21.4. The van der Waals surface area contributed by atoms with E-state index < -0.39 is 17.4 Å². The molecule has 0 spiro atoms. The summed E-state index contributed by atoms with van der Waals surface area (Å²) in [7, 11) is 1.94. The van der Waals surface area contributed by atoms with Gasteiger partial charge in [0.15, 0.2) is 5.67 Å². The number of hydrogen-bond donors (Lipinski definition) is 1. The Hall–Kier alpha value is -3.24. The van der Waals surface area contributed by atoms with Gasteiger partial charge in [0.25, 0.3) is 5.91 Å². The third-order valence-corrected chi connectivity index (χ3v) is 6.47. The van der Waals surface area contributed by atoms with Crippen LogP contribution in [0.5, 0.6) is 0 Å². The molecule has 1 aliphatic heterocycles. The average molecular weight is 485 g/mol. The first kappa shape index (κ1) is 24.9. The quantitative estimate of drug-likeness (QED) is 0.471. The van der Waals surface area contributed by atoms with E-state index in [0.29, 0.717) is 35.6 Å². The first-order valence-electron chi connectivity index (χ1n) is 11.7. The van der Waals surface area contributed by atoms with Gasteiger partial charge in [0.05, 0.1) is 17.8 Å². The van der Waals surface area contributed by atoms with Gasteiger partial charge in [-0.15, -0.1) is 10.2 Å². The van der Waals surface area contributed by atoms with Crippen LogP contribution in [0.25, 0.3) is 11.5 Å². The zero-order chi connectivity index (χ0) is 25.0. The number of anilines is 1. The third-order valence-electron chi connectivity index (χ3n) is 6.47. The summed E-state index contributed by atoms with van der Waals surface area (Å²) in [5.74, 6) is -0.443. The first-order valence-corrected chi connectivity index (χ1v) is 11.7. The van der Waals surface area contributed by atoms with Crippen molar-refractivity contribution in [2.24, 2.45) is 0 Å². The summed E-state index contributed by atoms with van der Waals surface area (Å²) < 4.78 is 35.6. The Balaban J connectivity index is 1.56. The number of nitrogens with zero attached hydrogens (tertiary/aromatic N) is 5. The molecule has 10 heteroatoms. The van der Waals surface area contributed by atoms with Gasteiger partial charge in [-0.05, 0) is 43.8 Å². The Morgan fingerprint density at radius 1 is 1.26 bits per heavy atom. The highest BCUT2D eigenvalue weighted by molar-refractivity contribution is 5.99. The average Bonchev–Trinajstić information content (AvgIpc) is 3.26. The highest BCUT2D eigenvalue weighted by atomic mass is 19.1. The van der Waals surface area contributed by atoms with Gasteiger partial charge < -0.3 is 19.5 Å². The molecule has 1 amide bonds.